The lowest BCUT2D eigenvalue weighted by atomic mass is 9.71. The van der Waals surface area contributed by atoms with E-state index in [0.29, 0.717) is 53.5 Å². The molecule has 4 rings (SSSR count). The first-order valence-corrected chi connectivity index (χ1v) is 13.7. The number of methoxy groups -OCH3 is 2. The molecular weight excluding hydrogens is 494 g/mol. The molecule has 0 radical (unpaired) electrons. The minimum Gasteiger partial charge on any atom is -0.493 e. The first-order valence-electron chi connectivity index (χ1n) is 13.7. The molecular formula is C32H39NO6. The van der Waals surface area contributed by atoms with Gasteiger partial charge in [-0.05, 0) is 63.3 Å². The van der Waals surface area contributed by atoms with Crippen molar-refractivity contribution in [3.8, 4) is 17.2 Å². The van der Waals surface area contributed by atoms with Crippen molar-refractivity contribution in [1.29, 1.82) is 0 Å². The third kappa shape index (κ3) is 5.97. The van der Waals surface area contributed by atoms with Crippen molar-refractivity contribution in [2.75, 3.05) is 20.8 Å². The summed E-state index contributed by atoms with van der Waals surface area (Å²) in [4.78, 5) is 27.5. The van der Waals surface area contributed by atoms with E-state index in [4.69, 9.17) is 18.9 Å². The van der Waals surface area contributed by atoms with Crippen LogP contribution in [0.2, 0.25) is 0 Å². The second-order valence-electron chi connectivity index (χ2n) is 10.3. The molecule has 0 amide bonds. The number of Topliss-reactive ketones (excluding diaryl/α,β-unsaturated/α-hetero) is 1. The van der Waals surface area contributed by atoms with Crippen molar-refractivity contribution in [3.63, 3.8) is 0 Å². The molecule has 0 saturated heterocycles. The van der Waals surface area contributed by atoms with Crippen molar-refractivity contribution in [3.05, 3.63) is 76.1 Å². The monoisotopic (exact) mass is 533 g/mol. The second kappa shape index (κ2) is 12.4. The minimum absolute atomic E-state index is 0.000701. The van der Waals surface area contributed by atoms with Gasteiger partial charge in [0.25, 0.3) is 0 Å². The van der Waals surface area contributed by atoms with Gasteiger partial charge in [-0.3, -0.25) is 4.79 Å². The van der Waals surface area contributed by atoms with E-state index >= 15 is 0 Å². The molecule has 208 valence electrons. The number of allylic oxidation sites excluding steroid dienone is 3. The summed E-state index contributed by atoms with van der Waals surface area (Å²) in [6.07, 6.45) is 2.57. The number of carbonyl (C=O) groups is 2. The standard InChI is InChI=1S/C32H39NO6/c1-7-8-15-38-32(35)29-20(4)33-24-16-22(21-13-14-27(36-5)28(18-21)37-6)17-25(34)31(24)30(29)23-11-9-10-12-26(23)39-19(2)3/h9-14,18-19,22,30,33H,7-8,15-17H2,1-6H3/t22-,30+/m0/s1. The highest BCUT2D eigenvalue weighted by Gasteiger charge is 2.42. The third-order valence-electron chi connectivity index (χ3n) is 7.25. The van der Waals surface area contributed by atoms with Gasteiger partial charge < -0.3 is 24.3 Å². The molecule has 2 aromatic rings. The molecule has 1 N–H and O–H groups in total. The van der Waals surface area contributed by atoms with Crippen LogP contribution in [0.5, 0.6) is 17.2 Å². The topological polar surface area (TPSA) is 83.1 Å². The number of unbranched alkanes of at least 4 members (excludes halogenated alkanes) is 1. The average Bonchev–Trinajstić information content (AvgIpc) is 2.91. The van der Waals surface area contributed by atoms with Crippen LogP contribution in [0.3, 0.4) is 0 Å². The average molecular weight is 534 g/mol. The molecule has 1 aliphatic carbocycles. The van der Waals surface area contributed by atoms with E-state index in [1.807, 2.05) is 63.2 Å². The van der Waals surface area contributed by atoms with E-state index in [1.54, 1.807) is 14.2 Å². The van der Waals surface area contributed by atoms with Gasteiger partial charge in [0.1, 0.15) is 5.75 Å². The molecule has 2 aromatic carbocycles. The van der Waals surface area contributed by atoms with Crippen molar-refractivity contribution < 1.29 is 28.5 Å². The van der Waals surface area contributed by atoms with E-state index in [2.05, 4.69) is 12.2 Å². The van der Waals surface area contributed by atoms with Crippen LogP contribution >= 0.6 is 0 Å². The molecule has 1 aliphatic heterocycles. The number of hydrogen-bond acceptors (Lipinski definition) is 7. The number of para-hydroxylation sites is 1. The molecule has 1 heterocycles. The molecule has 0 aromatic heterocycles. The summed E-state index contributed by atoms with van der Waals surface area (Å²) in [5.74, 6) is 0.906. The number of ether oxygens (including phenoxy) is 4. The van der Waals surface area contributed by atoms with Crippen molar-refractivity contribution in [1.82, 2.24) is 5.32 Å². The smallest absolute Gasteiger partial charge is 0.336 e. The Kier molecular flexibility index (Phi) is 9.00. The number of ketones is 1. The van der Waals surface area contributed by atoms with Crippen LogP contribution in [0.1, 0.15) is 76.3 Å². The number of dihydropyridines is 1. The van der Waals surface area contributed by atoms with Crippen LogP contribution in [0, 0.1) is 0 Å². The summed E-state index contributed by atoms with van der Waals surface area (Å²) in [5.41, 5.74) is 4.39. The van der Waals surface area contributed by atoms with Crippen LogP contribution in [0.15, 0.2) is 65.0 Å². The third-order valence-corrected chi connectivity index (χ3v) is 7.25. The normalized spacial score (nSPS) is 19.0. The van der Waals surface area contributed by atoms with Gasteiger partial charge in [-0.25, -0.2) is 4.79 Å². The summed E-state index contributed by atoms with van der Waals surface area (Å²) >= 11 is 0. The lowest BCUT2D eigenvalue weighted by Crippen LogP contribution is -2.36. The van der Waals surface area contributed by atoms with E-state index in [1.165, 1.54) is 0 Å². The fourth-order valence-electron chi connectivity index (χ4n) is 5.43. The minimum atomic E-state index is -0.579. The number of carbonyl (C=O) groups excluding carboxylic acids is 2. The van der Waals surface area contributed by atoms with Crippen LogP contribution in [-0.4, -0.2) is 38.7 Å². The summed E-state index contributed by atoms with van der Waals surface area (Å²) in [6, 6.07) is 13.5. The molecule has 0 unspecified atom stereocenters. The Morgan fingerprint density at radius 2 is 1.77 bits per heavy atom. The van der Waals surface area contributed by atoms with Gasteiger partial charge in [-0.15, -0.1) is 0 Å². The number of rotatable bonds is 10. The summed E-state index contributed by atoms with van der Waals surface area (Å²) < 4.78 is 22.7. The van der Waals surface area contributed by atoms with Gasteiger partial charge >= 0.3 is 5.97 Å². The zero-order chi connectivity index (χ0) is 28.1. The van der Waals surface area contributed by atoms with E-state index < -0.39 is 11.9 Å². The molecule has 0 fully saturated rings. The Morgan fingerprint density at radius 1 is 1.03 bits per heavy atom. The maximum absolute atomic E-state index is 14.0. The van der Waals surface area contributed by atoms with Gasteiger partial charge in [0.05, 0.1) is 38.4 Å². The van der Waals surface area contributed by atoms with Gasteiger partial charge in [-0.1, -0.05) is 37.6 Å². The quantitative estimate of drug-likeness (QED) is 0.288. The van der Waals surface area contributed by atoms with Crippen molar-refractivity contribution >= 4 is 11.8 Å². The fraction of sp³-hybridized carbons (Fsp3) is 0.438. The van der Waals surface area contributed by atoms with Gasteiger partial charge in [0.2, 0.25) is 0 Å². The Labute approximate surface area is 231 Å². The van der Waals surface area contributed by atoms with E-state index in [0.717, 1.165) is 29.7 Å². The zero-order valence-corrected chi connectivity index (χ0v) is 23.8. The number of benzene rings is 2. The molecule has 0 saturated carbocycles. The highest BCUT2D eigenvalue weighted by Crippen LogP contribution is 2.48. The lowest BCUT2D eigenvalue weighted by molar-refractivity contribution is -0.139. The van der Waals surface area contributed by atoms with Gasteiger partial charge in [0, 0.05) is 29.0 Å². The largest absolute Gasteiger partial charge is 0.493 e. The van der Waals surface area contributed by atoms with Crippen LogP contribution in [0.25, 0.3) is 0 Å². The SMILES string of the molecule is CCCCOC(=O)C1=C(C)NC2=C(C(=O)C[C@@H](c3ccc(OC)c(OC)c3)C2)[C@@H]1c1ccccc1OC(C)C. The molecule has 7 heteroatoms. The first kappa shape index (κ1) is 28.3. The molecule has 2 atom stereocenters. The predicted octanol–water partition coefficient (Wildman–Crippen LogP) is 6.20. The first-order chi connectivity index (χ1) is 18.8. The molecule has 7 nitrogen and oxygen atoms in total. The number of nitrogens with one attached hydrogen (secondary N) is 1. The van der Waals surface area contributed by atoms with Gasteiger partial charge in [-0.2, -0.15) is 0 Å². The van der Waals surface area contributed by atoms with Crippen molar-refractivity contribution in [2.45, 2.75) is 71.3 Å². The molecule has 0 spiro atoms. The summed E-state index contributed by atoms with van der Waals surface area (Å²) in [7, 11) is 3.21. The van der Waals surface area contributed by atoms with E-state index in [9.17, 15) is 9.59 Å². The Balaban J connectivity index is 1.79. The van der Waals surface area contributed by atoms with Gasteiger partial charge in [0.15, 0.2) is 17.3 Å². The van der Waals surface area contributed by atoms with Crippen LogP contribution in [-0.2, 0) is 14.3 Å². The molecule has 2 aliphatic rings. The van der Waals surface area contributed by atoms with Crippen molar-refractivity contribution in [2.24, 2.45) is 0 Å². The Hall–Kier alpha value is -3.74. The predicted molar refractivity (Wildman–Crippen MR) is 150 cm³/mol. The maximum Gasteiger partial charge on any atom is 0.336 e. The highest BCUT2D eigenvalue weighted by atomic mass is 16.5. The summed E-state index contributed by atoms with van der Waals surface area (Å²) in [5, 5.41) is 3.42. The lowest BCUT2D eigenvalue weighted by Gasteiger charge is -2.37. The van der Waals surface area contributed by atoms with Crippen LogP contribution < -0.4 is 19.5 Å². The zero-order valence-electron chi connectivity index (χ0n) is 23.8. The molecule has 39 heavy (non-hydrogen) atoms. The second-order valence-corrected chi connectivity index (χ2v) is 10.3. The number of esters is 1. The maximum atomic E-state index is 14.0. The fourth-order valence-corrected chi connectivity index (χ4v) is 5.43. The highest BCUT2D eigenvalue weighted by molar-refractivity contribution is 6.04. The Morgan fingerprint density at radius 3 is 2.46 bits per heavy atom. The van der Waals surface area contributed by atoms with Crippen LogP contribution in [0.4, 0.5) is 0 Å². The van der Waals surface area contributed by atoms with E-state index in [-0.39, 0.29) is 17.8 Å². The summed E-state index contributed by atoms with van der Waals surface area (Å²) in [6.45, 7) is 8.19. The Bertz CT molecular complexity index is 1290. The molecule has 0 bridgehead atoms. The number of hydrogen-bond donors (Lipinski definition) is 1.